The molecule has 7 N–H and O–H groups in total. The lowest BCUT2D eigenvalue weighted by Gasteiger charge is -2.67. The summed E-state index contributed by atoms with van der Waals surface area (Å²) in [6.07, 6.45) is 3.08. The second kappa shape index (κ2) is 15.4. The molecule has 1 aromatic heterocycles. The molecule has 1 saturated heterocycles. The van der Waals surface area contributed by atoms with E-state index in [1.807, 2.05) is 0 Å². The maximum atomic E-state index is 13.0. The summed E-state index contributed by atoms with van der Waals surface area (Å²) in [4.78, 5) is 12.6. The first-order valence-corrected chi connectivity index (χ1v) is 21.1. The fourth-order valence-corrected chi connectivity index (χ4v) is 13.4. The molecule has 52 heavy (non-hydrogen) atoms. The van der Waals surface area contributed by atoms with E-state index in [0.29, 0.717) is 42.5 Å². The number of aliphatic hydroxyl groups is 6. The topological polar surface area (TPSA) is 201 Å². The number of hydrogen-bond acceptors (Lipinski definition) is 15. The molecule has 7 rings (SSSR count). The summed E-state index contributed by atoms with van der Waals surface area (Å²) in [5.74, 6) is -2.30. The van der Waals surface area contributed by atoms with Crippen LogP contribution in [0.5, 0.6) is 11.5 Å². The lowest BCUT2D eigenvalue weighted by molar-refractivity contribution is -0.421. The zero-order valence-corrected chi connectivity index (χ0v) is 31.3. The number of furan rings is 1. The van der Waals surface area contributed by atoms with Crippen molar-refractivity contribution in [3.63, 3.8) is 0 Å². The lowest BCUT2D eigenvalue weighted by atomic mass is 9.49. The van der Waals surface area contributed by atoms with Crippen LogP contribution in [0.2, 0.25) is 0 Å². The van der Waals surface area contributed by atoms with E-state index in [4.69, 9.17) is 23.4 Å². The molecule has 13 nitrogen and oxygen atoms in total. The van der Waals surface area contributed by atoms with E-state index in [2.05, 4.69) is 5.32 Å². The molecule has 3 saturated carbocycles. The lowest BCUT2D eigenvalue weighted by Crippen LogP contribution is -2.85. The van der Waals surface area contributed by atoms with Crippen molar-refractivity contribution < 1.29 is 58.8 Å². The van der Waals surface area contributed by atoms with Gasteiger partial charge in [-0.2, -0.15) is 0 Å². The highest BCUT2D eigenvalue weighted by Gasteiger charge is 2.77. The van der Waals surface area contributed by atoms with E-state index in [0.717, 1.165) is 32.1 Å². The number of carbonyl (C=O) groups is 1. The van der Waals surface area contributed by atoms with Crippen molar-refractivity contribution in [1.29, 1.82) is 0 Å². The first kappa shape index (κ1) is 38.5. The van der Waals surface area contributed by atoms with Gasteiger partial charge in [0.2, 0.25) is 12.0 Å². The van der Waals surface area contributed by atoms with E-state index in [1.165, 1.54) is 17.1 Å². The minimum atomic E-state index is -2.36. The van der Waals surface area contributed by atoms with Crippen LogP contribution in [0, 0.1) is 17.8 Å². The molecule has 1 aromatic carbocycles. The predicted molar refractivity (Wildman–Crippen MR) is 194 cm³/mol. The Kier molecular flexibility index (Phi) is 11.4. The largest absolute Gasteiger partial charge is 0.485 e. The summed E-state index contributed by atoms with van der Waals surface area (Å²) >= 11 is 0. The van der Waals surface area contributed by atoms with Crippen molar-refractivity contribution in [3.8, 4) is 11.5 Å². The van der Waals surface area contributed by atoms with Gasteiger partial charge >= 0.3 is 5.97 Å². The first-order chi connectivity index (χ1) is 25.0. The standard InChI is InChI=1S/C37H53NO12S2/c1-2-46-27(42)9-7-22-16-23-10-14-47-29(23)31-30(22)49-33-37(45)28-24(6-8-26(41)25(28)18-39)17-36(44,32(37)43)35(20-40,50-33)21-51-52-34(11-4-3-5-12-34)19-38-13-15-48-31/h10,14,16,24-26,28,32-33,38-41,43-45H,2-9,11-13,15,17-21H2,1H3. The molecule has 15 heteroatoms. The second-order valence-corrected chi connectivity index (χ2v) is 18.1. The highest BCUT2D eigenvalue weighted by atomic mass is 33.1. The number of nitrogens with one attached hydrogen (secondary N) is 1. The average Bonchev–Trinajstić information content (AvgIpc) is 3.61. The van der Waals surface area contributed by atoms with Gasteiger partial charge in [-0.25, -0.2) is 0 Å². The number of fused-ring (bicyclic) bond motifs is 11. The van der Waals surface area contributed by atoms with Gasteiger partial charge in [-0.1, -0.05) is 40.9 Å². The van der Waals surface area contributed by atoms with Gasteiger partial charge in [0, 0.05) is 53.8 Å². The van der Waals surface area contributed by atoms with Crippen molar-refractivity contribution in [3.05, 3.63) is 24.0 Å². The molecule has 2 aromatic rings. The van der Waals surface area contributed by atoms with Crippen LogP contribution in [0.15, 0.2) is 22.8 Å². The van der Waals surface area contributed by atoms with E-state index in [1.54, 1.807) is 29.9 Å². The number of hydrogen-bond donors (Lipinski definition) is 7. The molecule has 0 radical (unpaired) electrons. The monoisotopic (exact) mass is 767 g/mol. The van der Waals surface area contributed by atoms with Crippen LogP contribution in [0.25, 0.3) is 11.0 Å². The normalized spacial score (nSPS) is 37.8. The number of benzene rings is 1. The molecule has 1 spiro atoms. The average molecular weight is 768 g/mol. The minimum absolute atomic E-state index is 0.00667. The molecular weight excluding hydrogens is 715 g/mol. The minimum Gasteiger partial charge on any atom is -0.485 e. The first-order valence-electron chi connectivity index (χ1n) is 18.7. The Balaban J connectivity index is 1.38. The summed E-state index contributed by atoms with van der Waals surface area (Å²) in [7, 11) is 3.17. The molecule has 0 amide bonds. The number of rotatable bonds is 6. The summed E-state index contributed by atoms with van der Waals surface area (Å²) in [5, 5.41) is 75.2. The van der Waals surface area contributed by atoms with Gasteiger partial charge < -0.3 is 59.3 Å². The van der Waals surface area contributed by atoms with Crippen LogP contribution in [-0.4, -0.2) is 122 Å². The predicted octanol–water partition coefficient (Wildman–Crippen LogP) is 2.68. The third-order valence-electron chi connectivity index (χ3n) is 12.4. The smallest absolute Gasteiger partial charge is 0.306 e. The Bertz CT molecular complexity index is 1570. The Morgan fingerprint density at radius 3 is 2.67 bits per heavy atom. The van der Waals surface area contributed by atoms with Crippen LogP contribution >= 0.6 is 21.6 Å². The maximum Gasteiger partial charge on any atom is 0.306 e. The van der Waals surface area contributed by atoms with Crippen molar-refractivity contribution >= 4 is 38.5 Å². The molecule has 5 aliphatic rings. The summed E-state index contributed by atoms with van der Waals surface area (Å²) < 4.78 is 31.0. The number of ether oxygens (including phenoxy) is 4. The SMILES string of the molecule is CCOC(=O)CCc1cc2ccoc2c2c1OC1OC(CO)(CSSC3(CCCCC3)CNCCO2)C2(O)CC3CCC(O)C(CO)C3C1(O)C2O. The Morgan fingerprint density at radius 2 is 1.92 bits per heavy atom. The van der Waals surface area contributed by atoms with E-state index in [-0.39, 0.29) is 54.5 Å². The van der Waals surface area contributed by atoms with Crippen molar-refractivity contribution in [2.75, 3.05) is 45.3 Å². The third-order valence-corrected chi connectivity index (χ3v) is 15.8. The number of aliphatic hydroxyl groups excluding tert-OH is 4. The molecule has 9 atom stereocenters. The Labute approximate surface area is 311 Å². The summed E-state index contributed by atoms with van der Waals surface area (Å²) in [6.45, 7) is 2.23. The van der Waals surface area contributed by atoms with Gasteiger partial charge in [-0.15, -0.1) is 0 Å². The van der Waals surface area contributed by atoms with Gasteiger partial charge in [0.05, 0.1) is 25.6 Å². The van der Waals surface area contributed by atoms with Crippen molar-refractivity contribution in [2.45, 2.75) is 111 Å². The van der Waals surface area contributed by atoms with Gasteiger partial charge in [-0.3, -0.25) is 4.79 Å². The van der Waals surface area contributed by atoms with Crippen LogP contribution in [0.3, 0.4) is 0 Å². The maximum absolute atomic E-state index is 13.0. The second-order valence-electron chi connectivity index (χ2n) is 15.4. The van der Waals surface area contributed by atoms with Gasteiger partial charge in [0.25, 0.3) is 0 Å². The van der Waals surface area contributed by atoms with Crippen LogP contribution < -0.4 is 14.8 Å². The van der Waals surface area contributed by atoms with E-state index >= 15 is 0 Å². The van der Waals surface area contributed by atoms with E-state index < -0.39 is 72.2 Å². The molecule has 4 fully saturated rings. The molecule has 2 aliphatic heterocycles. The number of aryl methyl sites for hydroxylation is 1. The molecule has 290 valence electrons. The highest BCUT2D eigenvalue weighted by molar-refractivity contribution is 8.77. The Morgan fingerprint density at radius 1 is 1.12 bits per heavy atom. The van der Waals surface area contributed by atoms with Gasteiger partial charge in [-0.05, 0) is 69.1 Å². The fourth-order valence-electron chi connectivity index (χ4n) is 9.67. The zero-order valence-electron chi connectivity index (χ0n) is 29.7. The molecular formula is C37H53NO12S2. The van der Waals surface area contributed by atoms with Crippen LogP contribution in [-0.2, 0) is 20.7 Å². The Hall–Kier alpha value is -1.79. The third kappa shape index (κ3) is 6.54. The number of esters is 1. The van der Waals surface area contributed by atoms with Crippen molar-refractivity contribution in [2.24, 2.45) is 17.8 Å². The molecule has 9 unspecified atom stereocenters. The van der Waals surface area contributed by atoms with E-state index in [9.17, 15) is 35.4 Å². The molecule has 3 heterocycles. The fraction of sp³-hybridized carbons (Fsp3) is 0.757. The number of carbonyl (C=O) groups excluding carboxylic acids is 1. The summed E-state index contributed by atoms with van der Waals surface area (Å²) in [6, 6.07) is 3.57. The molecule has 3 aliphatic carbocycles. The van der Waals surface area contributed by atoms with Gasteiger partial charge in [0.15, 0.2) is 16.9 Å². The summed E-state index contributed by atoms with van der Waals surface area (Å²) in [5.41, 5.74) is -5.38. The van der Waals surface area contributed by atoms with Crippen molar-refractivity contribution in [1.82, 2.24) is 5.32 Å². The van der Waals surface area contributed by atoms with Crippen LogP contribution in [0.4, 0.5) is 0 Å². The van der Waals surface area contributed by atoms with Crippen LogP contribution in [0.1, 0.15) is 70.3 Å². The molecule has 4 bridgehead atoms. The quantitative estimate of drug-likeness (QED) is 0.167. The van der Waals surface area contributed by atoms with Gasteiger partial charge in [0.1, 0.15) is 23.9 Å². The zero-order chi connectivity index (χ0) is 36.7. The highest BCUT2D eigenvalue weighted by Crippen LogP contribution is 2.61.